The summed E-state index contributed by atoms with van der Waals surface area (Å²) in [6, 6.07) is 6.81. The van der Waals surface area contributed by atoms with Crippen LogP contribution >= 0.6 is 0 Å². The van der Waals surface area contributed by atoms with Crippen molar-refractivity contribution in [3.63, 3.8) is 0 Å². The number of hydrogen-bond acceptors (Lipinski definition) is 4. The molecule has 3 rings (SSSR count). The Balaban J connectivity index is 1.48. The molecule has 8 heteroatoms. The Labute approximate surface area is 173 Å². The Morgan fingerprint density at radius 3 is 2.00 bits per heavy atom. The second-order valence-corrected chi connectivity index (χ2v) is 9.76. The Morgan fingerprint density at radius 2 is 1.38 bits per heavy atom. The van der Waals surface area contributed by atoms with Gasteiger partial charge in [-0.05, 0) is 49.8 Å². The van der Waals surface area contributed by atoms with Gasteiger partial charge in [0, 0.05) is 32.7 Å². The molecule has 2 fully saturated rings. The lowest BCUT2D eigenvalue weighted by atomic mass is 10.1. The molecule has 1 aromatic carbocycles. The Kier molecular flexibility index (Phi) is 7.66. The molecule has 2 saturated heterocycles. The fraction of sp³-hybridized carbons (Fsp3) is 0.619. The van der Waals surface area contributed by atoms with Crippen LogP contribution in [0.4, 0.5) is 0 Å². The molecule has 7 nitrogen and oxygen atoms in total. The predicted molar refractivity (Wildman–Crippen MR) is 111 cm³/mol. The molecule has 0 saturated carbocycles. The molecule has 2 aliphatic rings. The lowest BCUT2D eigenvalue weighted by molar-refractivity contribution is -0.145. The normalized spacial score (nSPS) is 18.8. The summed E-state index contributed by atoms with van der Waals surface area (Å²) >= 11 is 0. The van der Waals surface area contributed by atoms with Crippen molar-refractivity contribution in [1.29, 1.82) is 0 Å². The second kappa shape index (κ2) is 10.2. The van der Waals surface area contributed by atoms with Gasteiger partial charge in [0.05, 0.1) is 4.90 Å². The van der Waals surface area contributed by atoms with Crippen molar-refractivity contribution in [1.82, 2.24) is 14.5 Å². The molecule has 0 radical (unpaired) electrons. The molecule has 2 heterocycles. The van der Waals surface area contributed by atoms with E-state index in [0.29, 0.717) is 44.0 Å². The minimum absolute atomic E-state index is 0.309. The summed E-state index contributed by atoms with van der Waals surface area (Å²) < 4.78 is 26.9. The molecule has 0 spiro atoms. The first-order valence-electron chi connectivity index (χ1n) is 10.6. The number of likely N-dealkylation sites (tertiary alicyclic amines) is 1. The topological polar surface area (TPSA) is 86.8 Å². The smallest absolute Gasteiger partial charge is 0.311 e. The largest absolute Gasteiger partial charge is 0.347 e. The molecule has 0 atom stereocenters. The van der Waals surface area contributed by atoms with Gasteiger partial charge in [-0.25, -0.2) is 8.42 Å². The molecule has 160 valence electrons. The van der Waals surface area contributed by atoms with Gasteiger partial charge in [0.1, 0.15) is 0 Å². The zero-order valence-corrected chi connectivity index (χ0v) is 17.8. The first kappa shape index (κ1) is 21.8. The molecule has 0 unspecified atom stereocenters. The average Bonchev–Trinajstić information content (AvgIpc) is 3.04. The summed E-state index contributed by atoms with van der Waals surface area (Å²) in [6.07, 6.45) is 7.56. The standard InChI is InChI=1S/C21H31N3O4S/c25-20(21(26)23-14-4-1-2-5-15-23)22-13-12-18-8-10-19(11-9-18)29(27,28)24-16-6-3-7-17-24/h8-11H,1-7,12-17H2,(H,22,25). The number of piperidine rings is 1. The third kappa shape index (κ3) is 5.79. The molecule has 1 aromatic rings. The van der Waals surface area contributed by atoms with E-state index in [2.05, 4.69) is 5.32 Å². The van der Waals surface area contributed by atoms with Crippen LogP contribution in [0.25, 0.3) is 0 Å². The van der Waals surface area contributed by atoms with E-state index < -0.39 is 21.8 Å². The third-order valence-corrected chi connectivity index (χ3v) is 7.58. The maximum atomic E-state index is 12.7. The first-order chi connectivity index (χ1) is 14.0. The van der Waals surface area contributed by atoms with Crippen LogP contribution in [0.15, 0.2) is 29.2 Å². The summed E-state index contributed by atoms with van der Waals surface area (Å²) in [7, 11) is -3.43. The monoisotopic (exact) mass is 421 g/mol. The molecule has 2 amide bonds. The van der Waals surface area contributed by atoms with Gasteiger partial charge in [-0.1, -0.05) is 31.4 Å². The summed E-state index contributed by atoms with van der Waals surface area (Å²) in [5.74, 6) is -1.01. The molecule has 0 aromatic heterocycles. The van der Waals surface area contributed by atoms with Crippen LogP contribution in [0.5, 0.6) is 0 Å². The van der Waals surface area contributed by atoms with Gasteiger partial charge in [-0.15, -0.1) is 0 Å². The van der Waals surface area contributed by atoms with Gasteiger partial charge in [0.25, 0.3) is 0 Å². The van der Waals surface area contributed by atoms with Crippen LogP contribution in [0.2, 0.25) is 0 Å². The lowest BCUT2D eigenvalue weighted by Crippen LogP contribution is -2.43. The van der Waals surface area contributed by atoms with Gasteiger partial charge in [-0.2, -0.15) is 4.31 Å². The molecule has 29 heavy (non-hydrogen) atoms. The van der Waals surface area contributed by atoms with Crippen molar-refractivity contribution >= 4 is 21.8 Å². The van der Waals surface area contributed by atoms with E-state index in [1.165, 1.54) is 0 Å². The lowest BCUT2D eigenvalue weighted by Gasteiger charge is -2.25. The van der Waals surface area contributed by atoms with Gasteiger partial charge >= 0.3 is 11.8 Å². The van der Waals surface area contributed by atoms with Crippen molar-refractivity contribution in [2.75, 3.05) is 32.7 Å². The van der Waals surface area contributed by atoms with E-state index >= 15 is 0 Å². The second-order valence-electron chi connectivity index (χ2n) is 7.82. The van der Waals surface area contributed by atoms with Crippen LogP contribution in [-0.4, -0.2) is 62.2 Å². The Bertz CT molecular complexity index is 794. The van der Waals surface area contributed by atoms with E-state index in [0.717, 1.165) is 50.5 Å². The maximum absolute atomic E-state index is 12.7. The Morgan fingerprint density at radius 1 is 0.828 bits per heavy atom. The number of benzene rings is 1. The minimum Gasteiger partial charge on any atom is -0.347 e. The predicted octanol–water partition coefficient (Wildman–Crippen LogP) is 1.92. The quantitative estimate of drug-likeness (QED) is 0.736. The van der Waals surface area contributed by atoms with Gasteiger partial charge in [0.2, 0.25) is 10.0 Å². The zero-order chi connectivity index (χ0) is 20.7. The minimum atomic E-state index is -3.43. The summed E-state index contributed by atoms with van der Waals surface area (Å²) in [4.78, 5) is 26.3. The van der Waals surface area contributed by atoms with Crippen LogP contribution in [-0.2, 0) is 26.0 Å². The van der Waals surface area contributed by atoms with Gasteiger partial charge in [0.15, 0.2) is 0 Å². The highest BCUT2D eigenvalue weighted by Gasteiger charge is 2.26. The van der Waals surface area contributed by atoms with Crippen molar-refractivity contribution in [3.8, 4) is 0 Å². The molecule has 0 bridgehead atoms. The number of carbonyl (C=O) groups is 2. The van der Waals surface area contributed by atoms with E-state index in [-0.39, 0.29) is 0 Å². The summed E-state index contributed by atoms with van der Waals surface area (Å²) in [6.45, 7) is 2.82. The number of amides is 2. The summed E-state index contributed by atoms with van der Waals surface area (Å²) in [5, 5.41) is 2.69. The van der Waals surface area contributed by atoms with Crippen molar-refractivity contribution < 1.29 is 18.0 Å². The molecule has 0 aliphatic carbocycles. The SMILES string of the molecule is O=C(NCCc1ccc(S(=O)(=O)N2CCCCC2)cc1)C(=O)N1CCCCCC1. The number of rotatable bonds is 5. The van der Waals surface area contributed by atoms with Crippen molar-refractivity contribution in [2.24, 2.45) is 0 Å². The van der Waals surface area contributed by atoms with Gasteiger partial charge < -0.3 is 10.2 Å². The van der Waals surface area contributed by atoms with Crippen LogP contribution < -0.4 is 5.32 Å². The zero-order valence-electron chi connectivity index (χ0n) is 16.9. The van der Waals surface area contributed by atoms with Crippen LogP contribution in [0.3, 0.4) is 0 Å². The van der Waals surface area contributed by atoms with Crippen molar-refractivity contribution in [3.05, 3.63) is 29.8 Å². The number of nitrogens with one attached hydrogen (secondary N) is 1. The number of carbonyl (C=O) groups excluding carboxylic acids is 2. The van der Waals surface area contributed by atoms with E-state index in [4.69, 9.17) is 0 Å². The van der Waals surface area contributed by atoms with Crippen LogP contribution in [0, 0.1) is 0 Å². The molecule has 2 aliphatic heterocycles. The number of sulfonamides is 1. The van der Waals surface area contributed by atoms with Crippen LogP contribution in [0.1, 0.15) is 50.5 Å². The maximum Gasteiger partial charge on any atom is 0.311 e. The van der Waals surface area contributed by atoms with Gasteiger partial charge in [-0.3, -0.25) is 9.59 Å². The van der Waals surface area contributed by atoms with Crippen molar-refractivity contribution in [2.45, 2.75) is 56.3 Å². The average molecular weight is 422 g/mol. The number of hydrogen-bond donors (Lipinski definition) is 1. The highest BCUT2D eigenvalue weighted by atomic mass is 32.2. The third-order valence-electron chi connectivity index (χ3n) is 5.66. The first-order valence-corrected chi connectivity index (χ1v) is 12.1. The Hall–Kier alpha value is -1.93. The molecular weight excluding hydrogens is 390 g/mol. The fourth-order valence-electron chi connectivity index (χ4n) is 3.90. The fourth-order valence-corrected chi connectivity index (χ4v) is 5.41. The van der Waals surface area contributed by atoms with E-state index in [1.807, 2.05) is 0 Å². The van der Waals surface area contributed by atoms with E-state index in [9.17, 15) is 18.0 Å². The summed E-state index contributed by atoms with van der Waals surface area (Å²) in [5.41, 5.74) is 0.921. The molecule has 1 N–H and O–H groups in total. The number of nitrogens with zero attached hydrogens (tertiary/aromatic N) is 2. The molecular formula is C21H31N3O4S. The van der Waals surface area contributed by atoms with E-state index in [1.54, 1.807) is 33.5 Å². The highest BCUT2D eigenvalue weighted by Crippen LogP contribution is 2.21. The highest BCUT2D eigenvalue weighted by molar-refractivity contribution is 7.89.